The molecule has 0 atom stereocenters. The largest absolute Gasteiger partial charge is 0.339 e. The van der Waals surface area contributed by atoms with Crippen molar-refractivity contribution >= 4 is 34.4 Å². The van der Waals surface area contributed by atoms with Crippen LogP contribution in [-0.4, -0.2) is 55.7 Å². The molecule has 1 aliphatic rings. The normalized spacial score (nSPS) is 14.1. The van der Waals surface area contributed by atoms with Crippen LogP contribution in [0.5, 0.6) is 0 Å². The Hall–Kier alpha value is -3.66. The van der Waals surface area contributed by atoms with Gasteiger partial charge in [-0.05, 0) is 23.9 Å². The summed E-state index contributed by atoms with van der Waals surface area (Å²) in [6.45, 7) is 4.84. The van der Waals surface area contributed by atoms with Gasteiger partial charge in [0.2, 0.25) is 11.9 Å². The average molecular weight is 493 g/mol. The Morgan fingerprint density at radius 3 is 2.49 bits per heavy atom. The molecule has 0 spiro atoms. The molecule has 1 aliphatic heterocycles. The Balaban J connectivity index is 1.49. The molecular weight excluding hydrogens is 464 g/mol. The van der Waals surface area contributed by atoms with Gasteiger partial charge < -0.3 is 9.80 Å². The average Bonchev–Trinajstić information content (AvgIpc) is 3.50. The number of carbonyl (C=O) groups is 1. The van der Waals surface area contributed by atoms with Gasteiger partial charge in [0.15, 0.2) is 11.2 Å². The molecule has 5 rings (SSSR count). The van der Waals surface area contributed by atoms with E-state index < -0.39 is 5.69 Å². The maximum atomic E-state index is 13.2. The molecule has 0 unspecified atom stereocenters. The number of nitrogens with zero attached hydrogens (tertiary/aromatic N) is 6. The first-order valence-corrected chi connectivity index (χ1v) is 12.5. The van der Waals surface area contributed by atoms with Crippen molar-refractivity contribution in [2.45, 2.75) is 19.9 Å². The van der Waals surface area contributed by atoms with Gasteiger partial charge in [0.25, 0.3) is 5.56 Å². The van der Waals surface area contributed by atoms with Crippen molar-refractivity contribution in [2.24, 2.45) is 14.1 Å². The van der Waals surface area contributed by atoms with Crippen LogP contribution in [0.15, 0.2) is 51.4 Å². The third-order valence-corrected chi connectivity index (χ3v) is 7.45. The number of hydrogen-bond donors (Lipinski definition) is 0. The number of carbonyl (C=O) groups excluding carboxylic acids is 1. The highest BCUT2D eigenvalue weighted by atomic mass is 32.1. The quantitative estimate of drug-likeness (QED) is 0.424. The van der Waals surface area contributed by atoms with E-state index in [4.69, 9.17) is 4.98 Å². The van der Waals surface area contributed by atoms with E-state index in [-0.39, 0.29) is 11.5 Å². The number of aryl methyl sites for hydroxylation is 2. The van der Waals surface area contributed by atoms with E-state index >= 15 is 0 Å². The molecule has 4 aromatic rings. The lowest BCUT2D eigenvalue weighted by Crippen LogP contribution is -2.50. The first kappa shape index (κ1) is 23.1. The van der Waals surface area contributed by atoms with E-state index in [1.807, 2.05) is 52.1 Å². The van der Waals surface area contributed by atoms with Crippen LogP contribution in [0.1, 0.15) is 16.0 Å². The lowest BCUT2D eigenvalue weighted by molar-refractivity contribution is -0.130. The van der Waals surface area contributed by atoms with Gasteiger partial charge in [-0.15, -0.1) is 11.3 Å². The molecule has 0 N–H and O–H groups in total. The van der Waals surface area contributed by atoms with E-state index in [9.17, 15) is 14.4 Å². The van der Waals surface area contributed by atoms with Crippen LogP contribution in [-0.2, 0) is 31.9 Å². The maximum absolute atomic E-state index is 13.2. The smallest absolute Gasteiger partial charge is 0.332 e. The van der Waals surface area contributed by atoms with Crippen molar-refractivity contribution in [1.82, 2.24) is 23.6 Å². The zero-order chi connectivity index (χ0) is 24.7. The number of piperazine rings is 1. The molecule has 0 saturated carbocycles. The lowest BCUT2D eigenvalue weighted by Gasteiger charge is -2.35. The third kappa shape index (κ3) is 4.29. The van der Waals surface area contributed by atoms with Gasteiger partial charge in [-0.2, -0.15) is 4.98 Å². The fraction of sp³-hybridized carbons (Fsp3) is 0.360. The van der Waals surface area contributed by atoms with Gasteiger partial charge in [0.05, 0.1) is 13.0 Å². The SMILES string of the molecule is Cc1cccc(Cn2c(N3CCN(C(=O)Cc4cccs4)CC3)nc3c2c(=O)n(C)c(=O)n3C)c1. The topological polar surface area (TPSA) is 85.4 Å². The molecule has 9 nitrogen and oxygen atoms in total. The van der Waals surface area contributed by atoms with Crippen LogP contribution in [0.25, 0.3) is 11.2 Å². The van der Waals surface area contributed by atoms with Gasteiger partial charge >= 0.3 is 5.69 Å². The molecule has 1 aromatic carbocycles. The van der Waals surface area contributed by atoms with Gasteiger partial charge in [0.1, 0.15) is 0 Å². The Bertz CT molecular complexity index is 1510. The highest BCUT2D eigenvalue weighted by Gasteiger charge is 2.27. The summed E-state index contributed by atoms with van der Waals surface area (Å²) in [5, 5.41) is 1.98. The van der Waals surface area contributed by atoms with E-state index in [0.29, 0.717) is 56.3 Å². The summed E-state index contributed by atoms with van der Waals surface area (Å²) < 4.78 is 4.46. The molecule has 35 heavy (non-hydrogen) atoms. The molecule has 0 radical (unpaired) electrons. The molecular formula is C25H28N6O3S. The van der Waals surface area contributed by atoms with Gasteiger partial charge in [-0.3, -0.25) is 23.3 Å². The number of thiophene rings is 1. The predicted octanol–water partition coefficient (Wildman–Crippen LogP) is 1.74. The van der Waals surface area contributed by atoms with Crippen LogP contribution in [0.3, 0.4) is 0 Å². The highest BCUT2D eigenvalue weighted by molar-refractivity contribution is 7.10. The molecule has 0 bridgehead atoms. The lowest BCUT2D eigenvalue weighted by atomic mass is 10.1. The van der Waals surface area contributed by atoms with Crippen molar-refractivity contribution in [3.63, 3.8) is 0 Å². The minimum Gasteiger partial charge on any atom is -0.339 e. The zero-order valence-electron chi connectivity index (χ0n) is 20.1. The number of fused-ring (bicyclic) bond motifs is 1. The minimum absolute atomic E-state index is 0.122. The first-order chi connectivity index (χ1) is 16.8. The summed E-state index contributed by atoms with van der Waals surface area (Å²) in [7, 11) is 3.13. The predicted molar refractivity (Wildman–Crippen MR) is 137 cm³/mol. The molecule has 1 amide bonds. The zero-order valence-corrected chi connectivity index (χ0v) is 20.9. The Kier molecular flexibility index (Phi) is 6.06. The molecule has 3 aromatic heterocycles. The van der Waals surface area contributed by atoms with Crippen molar-refractivity contribution in [1.29, 1.82) is 0 Å². The van der Waals surface area contributed by atoms with Gasteiger partial charge in [-0.1, -0.05) is 35.9 Å². The molecule has 1 fully saturated rings. The summed E-state index contributed by atoms with van der Waals surface area (Å²) in [6, 6.07) is 12.1. The van der Waals surface area contributed by atoms with Crippen LogP contribution in [0, 0.1) is 6.92 Å². The third-order valence-electron chi connectivity index (χ3n) is 6.57. The second kappa shape index (κ2) is 9.18. The number of rotatable bonds is 5. The van der Waals surface area contributed by atoms with E-state index in [1.165, 1.54) is 11.6 Å². The minimum atomic E-state index is -0.404. The van der Waals surface area contributed by atoms with Crippen molar-refractivity contribution < 1.29 is 4.79 Å². The number of amides is 1. The standard InChI is InChI=1S/C25H28N6O3S/c1-17-6-4-7-18(14-17)16-31-21-22(27(2)25(34)28(3)23(21)33)26-24(31)30-11-9-29(10-12-30)20(32)15-19-8-5-13-35-19/h4-8,13-14H,9-12,15-16H2,1-3H3. The van der Waals surface area contributed by atoms with Crippen LogP contribution in [0.2, 0.25) is 0 Å². The van der Waals surface area contributed by atoms with Gasteiger partial charge in [-0.25, -0.2) is 4.79 Å². The molecule has 0 aliphatic carbocycles. The highest BCUT2D eigenvalue weighted by Crippen LogP contribution is 2.23. The van der Waals surface area contributed by atoms with E-state index in [2.05, 4.69) is 11.0 Å². The number of benzene rings is 1. The first-order valence-electron chi connectivity index (χ1n) is 11.6. The molecule has 1 saturated heterocycles. The van der Waals surface area contributed by atoms with Crippen LogP contribution >= 0.6 is 11.3 Å². The van der Waals surface area contributed by atoms with E-state index in [0.717, 1.165) is 20.6 Å². The summed E-state index contributed by atoms with van der Waals surface area (Å²) in [6.07, 6.45) is 0.418. The summed E-state index contributed by atoms with van der Waals surface area (Å²) in [5.41, 5.74) is 2.19. The molecule has 10 heteroatoms. The Morgan fingerprint density at radius 1 is 1.03 bits per heavy atom. The fourth-order valence-electron chi connectivity index (χ4n) is 4.65. The summed E-state index contributed by atoms with van der Waals surface area (Å²) in [4.78, 5) is 48.4. The van der Waals surface area contributed by atoms with Crippen molar-refractivity contribution in [3.8, 4) is 0 Å². The number of aromatic nitrogens is 4. The monoisotopic (exact) mass is 492 g/mol. The van der Waals surface area contributed by atoms with Crippen molar-refractivity contribution in [2.75, 3.05) is 31.1 Å². The maximum Gasteiger partial charge on any atom is 0.332 e. The number of hydrogen-bond acceptors (Lipinski definition) is 6. The van der Waals surface area contributed by atoms with E-state index in [1.54, 1.807) is 18.4 Å². The summed E-state index contributed by atoms with van der Waals surface area (Å²) >= 11 is 1.59. The Labute approximate surface area is 206 Å². The summed E-state index contributed by atoms with van der Waals surface area (Å²) in [5.74, 6) is 0.766. The van der Waals surface area contributed by atoms with Crippen LogP contribution < -0.4 is 16.1 Å². The second-order valence-corrected chi connectivity index (χ2v) is 10.0. The fourth-order valence-corrected chi connectivity index (χ4v) is 5.34. The van der Waals surface area contributed by atoms with Gasteiger partial charge in [0, 0.05) is 45.2 Å². The molecule has 4 heterocycles. The Morgan fingerprint density at radius 2 is 1.80 bits per heavy atom. The number of imidazole rings is 1. The van der Waals surface area contributed by atoms with Crippen LogP contribution in [0.4, 0.5) is 5.95 Å². The molecule has 182 valence electrons. The second-order valence-electron chi connectivity index (χ2n) is 8.99. The van der Waals surface area contributed by atoms with Crippen molar-refractivity contribution in [3.05, 3.63) is 78.6 Å². The number of anilines is 1.